The van der Waals surface area contributed by atoms with E-state index in [-0.39, 0.29) is 0 Å². The van der Waals surface area contributed by atoms with Crippen molar-refractivity contribution in [1.29, 1.82) is 0 Å². The Kier molecular flexibility index (Phi) is 4.27. The molecule has 0 aliphatic heterocycles. The van der Waals surface area contributed by atoms with E-state index in [1.54, 1.807) is 0 Å². The topological polar surface area (TPSA) is 9.23 Å². The van der Waals surface area contributed by atoms with Gasteiger partial charge in [0.05, 0.1) is 0 Å². The van der Waals surface area contributed by atoms with E-state index < -0.39 is 0 Å². The van der Waals surface area contributed by atoms with Crippen LogP contribution in [0.1, 0.15) is 23.6 Å². The van der Waals surface area contributed by atoms with Crippen LogP contribution in [0.25, 0.3) is 0 Å². The second-order valence-electron chi connectivity index (χ2n) is 4.30. The highest BCUT2D eigenvalue weighted by atomic mass is 35.5. The van der Waals surface area contributed by atoms with Crippen LogP contribution in [0.4, 0.5) is 0 Å². The number of alkyl halides is 1. The minimum absolute atomic E-state index is 0.534. The summed E-state index contributed by atoms with van der Waals surface area (Å²) in [5, 5.41) is 0. The van der Waals surface area contributed by atoms with Gasteiger partial charge in [0.2, 0.25) is 0 Å². The van der Waals surface area contributed by atoms with Gasteiger partial charge >= 0.3 is 0 Å². The summed E-state index contributed by atoms with van der Waals surface area (Å²) in [6, 6.07) is 14.2. The molecule has 0 atom stereocenters. The Hall–Kier alpha value is -1.47. The summed E-state index contributed by atoms with van der Waals surface area (Å²) in [5.41, 5.74) is 3.45. The number of hydrogen-bond acceptors (Lipinski definition) is 1. The summed E-state index contributed by atoms with van der Waals surface area (Å²) >= 11 is 5.82. The fourth-order valence-electron chi connectivity index (χ4n) is 1.92. The SMILES string of the molecule is CCc1ccccc1Oc1ccc(CCl)cc1C. The van der Waals surface area contributed by atoms with E-state index in [1.807, 2.05) is 37.3 Å². The van der Waals surface area contributed by atoms with E-state index >= 15 is 0 Å². The second-order valence-corrected chi connectivity index (χ2v) is 4.56. The summed E-state index contributed by atoms with van der Waals surface area (Å²) in [4.78, 5) is 0. The molecule has 0 radical (unpaired) electrons. The number of halogens is 1. The lowest BCUT2D eigenvalue weighted by atomic mass is 10.1. The monoisotopic (exact) mass is 260 g/mol. The van der Waals surface area contributed by atoms with Crippen LogP contribution in [0, 0.1) is 6.92 Å². The van der Waals surface area contributed by atoms with Crippen molar-refractivity contribution in [3.05, 3.63) is 59.2 Å². The molecule has 0 saturated carbocycles. The molecule has 0 fully saturated rings. The Labute approximate surface area is 113 Å². The number of rotatable bonds is 4. The second kappa shape index (κ2) is 5.92. The standard InChI is InChI=1S/C16H17ClO/c1-3-14-6-4-5-7-16(14)18-15-9-8-13(11-17)10-12(15)2/h4-10H,3,11H2,1-2H3. The lowest BCUT2D eigenvalue weighted by Gasteiger charge is -2.12. The van der Waals surface area contributed by atoms with Gasteiger partial charge < -0.3 is 4.74 Å². The van der Waals surface area contributed by atoms with Crippen molar-refractivity contribution in [3.63, 3.8) is 0 Å². The van der Waals surface area contributed by atoms with Gasteiger partial charge in [-0.3, -0.25) is 0 Å². The van der Waals surface area contributed by atoms with Crippen molar-refractivity contribution < 1.29 is 4.74 Å². The first-order valence-electron chi connectivity index (χ1n) is 6.16. The molecular weight excluding hydrogens is 244 g/mol. The van der Waals surface area contributed by atoms with Gasteiger partial charge in [-0.15, -0.1) is 11.6 Å². The first kappa shape index (κ1) is 13.0. The van der Waals surface area contributed by atoms with Crippen molar-refractivity contribution in [1.82, 2.24) is 0 Å². The minimum Gasteiger partial charge on any atom is -0.457 e. The van der Waals surface area contributed by atoms with Crippen molar-refractivity contribution >= 4 is 11.6 Å². The molecule has 0 bridgehead atoms. The average Bonchev–Trinajstić information content (AvgIpc) is 2.41. The summed E-state index contributed by atoms with van der Waals surface area (Å²) in [5.74, 6) is 2.36. The molecule has 0 spiro atoms. The van der Waals surface area contributed by atoms with Crippen LogP contribution in [0.5, 0.6) is 11.5 Å². The van der Waals surface area contributed by atoms with E-state index in [1.165, 1.54) is 5.56 Å². The number of para-hydroxylation sites is 1. The Morgan fingerprint density at radius 1 is 1.06 bits per heavy atom. The lowest BCUT2D eigenvalue weighted by Crippen LogP contribution is -1.92. The molecule has 2 aromatic carbocycles. The quantitative estimate of drug-likeness (QED) is 0.696. The zero-order chi connectivity index (χ0) is 13.0. The molecule has 94 valence electrons. The van der Waals surface area contributed by atoms with Crippen LogP contribution < -0.4 is 4.74 Å². The molecule has 18 heavy (non-hydrogen) atoms. The average molecular weight is 261 g/mol. The maximum absolute atomic E-state index is 5.99. The van der Waals surface area contributed by atoms with Gasteiger partial charge in [0.1, 0.15) is 11.5 Å². The molecule has 2 heteroatoms. The van der Waals surface area contributed by atoms with Crippen LogP contribution in [0.3, 0.4) is 0 Å². The Balaban J connectivity index is 2.28. The third kappa shape index (κ3) is 2.85. The first-order chi connectivity index (χ1) is 8.74. The Bertz CT molecular complexity index is 534. The number of ether oxygens (including phenoxy) is 1. The molecule has 0 saturated heterocycles. The van der Waals surface area contributed by atoms with Crippen molar-refractivity contribution in [2.45, 2.75) is 26.1 Å². The molecular formula is C16H17ClO. The van der Waals surface area contributed by atoms with Crippen molar-refractivity contribution in [2.24, 2.45) is 0 Å². The molecule has 0 unspecified atom stereocenters. The molecule has 2 rings (SSSR count). The van der Waals surface area contributed by atoms with Crippen LogP contribution >= 0.6 is 11.6 Å². The van der Waals surface area contributed by atoms with E-state index in [2.05, 4.69) is 19.1 Å². The maximum atomic E-state index is 5.99. The third-order valence-corrected chi connectivity index (χ3v) is 3.28. The fourth-order valence-corrected chi connectivity index (χ4v) is 2.09. The molecule has 0 N–H and O–H groups in total. The lowest BCUT2D eigenvalue weighted by molar-refractivity contribution is 0.473. The maximum Gasteiger partial charge on any atom is 0.130 e. The Morgan fingerprint density at radius 2 is 1.83 bits per heavy atom. The van der Waals surface area contributed by atoms with E-state index in [9.17, 15) is 0 Å². The fraction of sp³-hybridized carbons (Fsp3) is 0.250. The van der Waals surface area contributed by atoms with Gasteiger partial charge in [-0.25, -0.2) is 0 Å². The highest BCUT2D eigenvalue weighted by molar-refractivity contribution is 6.17. The van der Waals surface area contributed by atoms with Crippen molar-refractivity contribution in [3.8, 4) is 11.5 Å². The first-order valence-corrected chi connectivity index (χ1v) is 6.69. The van der Waals surface area contributed by atoms with Crippen LogP contribution in [0.15, 0.2) is 42.5 Å². The highest BCUT2D eigenvalue weighted by Crippen LogP contribution is 2.28. The zero-order valence-electron chi connectivity index (χ0n) is 10.7. The van der Waals surface area contributed by atoms with Crippen LogP contribution in [-0.2, 0) is 12.3 Å². The third-order valence-electron chi connectivity index (χ3n) is 2.97. The van der Waals surface area contributed by atoms with Gasteiger partial charge in [0, 0.05) is 5.88 Å². The van der Waals surface area contributed by atoms with E-state index in [0.29, 0.717) is 5.88 Å². The number of aryl methyl sites for hydroxylation is 2. The smallest absolute Gasteiger partial charge is 0.130 e. The van der Waals surface area contributed by atoms with Gasteiger partial charge in [-0.05, 0) is 42.2 Å². The summed E-state index contributed by atoms with van der Waals surface area (Å²) in [6.45, 7) is 4.17. The van der Waals surface area contributed by atoms with Gasteiger partial charge in [-0.1, -0.05) is 37.3 Å². The molecule has 0 aromatic heterocycles. The van der Waals surface area contributed by atoms with Gasteiger partial charge in [0.25, 0.3) is 0 Å². The molecule has 2 aromatic rings. The molecule has 0 heterocycles. The number of hydrogen-bond donors (Lipinski definition) is 0. The molecule has 0 amide bonds. The largest absolute Gasteiger partial charge is 0.457 e. The van der Waals surface area contributed by atoms with E-state index in [4.69, 9.17) is 16.3 Å². The summed E-state index contributed by atoms with van der Waals surface area (Å²) in [6.07, 6.45) is 0.967. The normalized spacial score (nSPS) is 10.4. The molecule has 0 aliphatic carbocycles. The Morgan fingerprint density at radius 3 is 2.50 bits per heavy atom. The van der Waals surface area contributed by atoms with Crippen molar-refractivity contribution in [2.75, 3.05) is 0 Å². The minimum atomic E-state index is 0.534. The predicted octanol–water partition coefficient (Wildman–Crippen LogP) is 5.09. The zero-order valence-corrected chi connectivity index (χ0v) is 11.5. The van der Waals surface area contributed by atoms with E-state index in [0.717, 1.165) is 29.0 Å². The van der Waals surface area contributed by atoms with Gasteiger partial charge in [0.15, 0.2) is 0 Å². The molecule has 0 aliphatic rings. The predicted molar refractivity (Wildman–Crippen MR) is 76.6 cm³/mol. The summed E-state index contributed by atoms with van der Waals surface area (Å²) in [7, 11) is 0. The van der Waals surface area contributed by atoms with Gasteiger partial charge in [-0.2, -0.15) is 0 Å². The number of benzene rings is 2. The van der Waals surface area contributed by atoms with Crippen LogP contribution in [0.2, 0.25) is 0 Å². The summed E-state index contributed by atoms with van der Waals surface area (Å²) < 4.78 is 5.99. The highest BCUT2D eigenvalue weighted by Gasteiger charge is 2.05. The molecule has 1 nitrogen and oxygen atoms in total. The van der Waals surface area contributed by atoms with Crippen LogP contribution in [-0.4, -0.2) is 0 Å².